The Bertz CT molecular complexity index is 360. The predicted octanol–water partition coefficient (Wildman–Crippen LogP) is 1.61. The minimum Gasteiger partial charge on any atom is -0.468 e. The minimum absolute atomic E-state index is 0.0915. The summed E-state index contributed by atoms with van der Waals surface area (Å²) in [5.41, 5.74) is 1.29. The Balaban J connectivity index is 1.98. The quantitative estimate of drug-likeness (QED) is 0.865. The molecule has 1 N–H and O–H groups in total. The van der Waals surface area contributed by atoms with Gasteiger partial charge in [0.25, 0.3) is 0 Å². The van der Waals surface area contributed by atoms with Crippen molar-refractivity contribution in [1.29, 1.82) is 0 Å². The molecule has 0 radical (unpaired) electrons. The third-order valence-electron chi connectivity index (χ3n) is 3.25. The van der Waals surface area contributed by atoms with Crippen molar-refractivity contribution in [3.05, 3.63) is 23.7 Å². The van der Waals surface area contributed by atoms with Gasteiger partial charge in [0.05, 0.1) is 26.0 Å². The lowest BCUT2D eigenvalue weighted by molar-refractivity contribution is -0.0577. The number of morpholine rings is 1. The Labute approximate surface area is 103 Å². The highest BCUT2D eigenvalue weighted by atomic mass is 16.5. The normalized spacial score (nSPS) is 20.6. The Kier molecular flexibility index (Phi) is 3.86. The first-order valence-corrected chi connectivity index (χ1v) is 6.15. The van der Waals surface area contributed by atoms with Gasteiger partial charge in [0, 0.05) is 24.2 Å². The van der Waals surface area contributed by atoms with Gasteiger partial charge in [-0.3, -0.25) is 4.90 Å². The van der Waals surface area contributed by atoms with Crippen LogP contribution in [0.2, 0.25) is 0 Å². The molecule has 2 rings (SSSR count). The summed E-state index contributed by atoms with van der Waals surface area (Å²) >= 11 is 0. The van der Waals surface area contributed by atoms with Crippen molar-refractivity contribution < 1.29 is 9.15 Å². The average Bonchev–Trinajstić information content (AvgIpc) is 2.70. The molecule has 0 saturated carbocycles. The Hall–Kier alpha value is -0.840. The van der Waals surface area contributed by atoms with Gasteiger partial charge in [-0.1, -0.05) is 0 Å². The molecule has 2 heterocycles. The van der Waals surface area contributed by atoms with Crippen molar-refractivity contribution in [1.82, 2.24) is 10.2 Å². The van der Waals surface area contributed by atoms with E-state index in [1.54, 1.807) is 0 Å². The topological polar surface area (TPSA) is 37.6 Å². The van der Waals surface area contributed by atoms with Crippen molar-refractivity contribution >= 4 is 0 Å². The van der Waals surface area contributed by atoms with E-state index in [9.17, 15) is 0 Å². The fourth-order valence-electron chi connectivity index (χ4n) is 2.18. The molecule has 4 heteroatoms. The lowest BCUT2D eigenvalue weighted by Crippen LogP contribution is -2.52. The minimum atomic E-state index is 0.0915. The van der Waals surface area contributed by atoms with E-state index in [0.29, 0.717) is 0 Å². The molecular formula is C13H22N2O2. The molecule has 0 aliphatic carbocycles. The molecule has 96 valence electrons. The van der Waals surface area contributed by atoms with Gasteiger partial charge in [0.2, 0.25) is 0 Å². The van der Waals surface area contributed by atoms with Crippen molar-refractivity contribution in [2.45, 2.75) is 32.5 Å². The fourth-order valence-corrected chi connectivity index (χ4v) is 2.18. The third kappa shape index (κ3) is 3.09. The summed E-state index contributed by atoms with van der Waals surface area (Å²) in [6, 6.07) is 2.13. The summed E-state index contributed by atoms with van der Waals surface area (Å²) in [7, 11) is 1.94. The Morgan fingerprint density at radius 2 is 2.29 bits per heavy atom. The zero-order chi connectivity index (χ0) is 12.3. The van der Waals surface area contributed by atoms with E-state index in [-0.39, 0.29) is 5.54 Å². The molecule has 1 aromatic heterocycles. The number of rotatable bonds is 4. The standard InChI is InChI=1S/C13H22N2O2/c1-13(2)10-16-5-4-15(13)8-12-6-11(7-14-3)9-17-12/h6,9,14H,4-5,7-8,10H2,1-3H3. The van der Waals surface area contributed by atoms with E-state index in [4.69, 9.17) is 9.15 Å². The van der Waals surface area contributed by atoms with Gasteiger partial charge in [-0.05, 0) is 27.0 Å². The molecule has 1 saturated heterocycles. The maximum absolute atomic E-state index is 5.59. The molecule has 1 aliphatic heterocycles. The summed E-state index contributed by atoms with van der Waals surface area (Å²) < 4.78 is 11.1. The molecule has 0 unspecified atom stereocenters. The number of ether oxygens (including phenoxy) is 1. The SMILES string of the molecule is CNCc1coc(CN2CCOCC2(C)C)c1. The first-order chi connectivity index (χ1) is 8.12. The zero-order valence-corrected chi connectivity index (χ0v) is 11.0. The zero-order valence-electron chi connectivity index (χ0n) is 11.0. The second-order valence-corrected chi connectivity index (χ2v) is 5.24. The smallest absolute Gasteiger partial charge is 0.118 e. The molecular weight excluding hydrogens is 216 g/mol. The largest absolute Gasteiger partial charge is 0.468 e. The van der Waals surface area contributed by atoms with Gasteiger partial charge < -0.3 is 14.5 Å². The number of nitrogens with zero attached hydrogens (tertiary/aromatic N) is 1. The number of hydrogen-bond acceptors (Lipinski definition) is 4. The lowest BCUT2D eigenvalue weighted by atomic mass is 10.0. The van der Waals surface area contributed by atoms with Gasteiger partial charge >= 0.3 is 0 Å². The monoisotopic (exact) mass is 238 g/mol. The van der Waals surface area contributed by atoms with Crippen molar-refractivity contribution in [3.8, 4) is 0 Å². The fraction of sp³-hybridized carbons (Fsp3) is 0.692. The van der Waals surface area contributed by atoms with E-state index in [1.165, 1.54) is 5.56 Å². The van der Waals surface area contributed by atoms with Crippen molar-refractivity contribution in [2.24, 2.45) is 0 Å². The second kappa shape index (κ2) is 5.21. The average molecular weight is 238 g/mol. The Morgan fingerprint density at radius 1 is 1.47 bits per heavy atom. The molecule has 0 atom stereocenters. The van der Waals surface area contributed by atoms with Crippen LogP contribution < -0.4 is 5.32 Å². The molecule has 0 bridgehead atoms. The highest BCUT2D eigenvalue weighted by Crippen LogP contribution is 2.22. The van der Waals surface area contributed by atoms with Gasteiger partial charge in [0.1, 0.15) is 5.76 Å². The lowest BCUT2D eigenvalue weighted by Gasteiger charge is -2.41. The highest BCUT2D eigenvalue weighted by molar-refractivity contribution is 5.13. The number of furan rings is 1. The van der Waals surface area contributed by atoms with Crippen LogP contribution >= 0.6 is 0 Å². The first-order valence-electron chi connectivity index (χ1n) is 6.15. The molecule has 1 aromatic rings. The van der Waals surface area contributed by atoms with E-state index in [2.05, 4.69) is 30.1 Å². The first kappa shape index (κ1) is 12.6. The van der Waals surface area contributed by atoms with Crippen LogP contribution in [0.25, 0.3) is 0 Å². The van der Waals surface area contributed by atoms with Crippen LogP contribution in [0.15, 0.2) is 16.7 Å². The van der Waals surface area contributed by atoms with E-state index in [1.807, 2.05) is 13.3 Å². The summed E-state index contributed by atoms with van der Waals surface area (Å²) in [4.78, 5) is 2.42. The van der Waals surface area contributed by atoms with Gasteiger partial charge in [-0.15, -0.1) is 0 Å². The third-order valence-corrected chi connectivity index (χ3v) is 3.25. The van der Waals surface area contributed by atoms with Crippen molar-refractivity contribution in [3.63, 3.8) is 0 Å². The number of hydrogen-bond donors (Lipinski definition) is 1. The summed E-state index contributed by atoms with van der Waals surface area (Å²) in [6.07, 6.45) is 1.83. The van der Waals surface area contributed by atoms with Crippen LogP contribution in [-0.4, -0.2) is 37.2 Å². The van der Waals surface area contributed by atoms with E-state index < -0.39 is 0 Å². The van der Waals surface area contributed by atoms with Crippen LogP contribution in [0, 0.1) is 0 Å². The number of nitrogens with one attached hydrogen (secondary N) is 1. The summed E-state index contributed by atoms with van der Waals surface area (Å²) in [6.45, 7) is 8.71. The van der Waals surface area contributed by atoms with Gasteiger partial charge in [-0.25, -0.2) is 0 Å². The second-order valence-electron chi connectivity index (χ2n) is 5.24. The van der Waals surface area contributed by atoms with Gasteiger partial charge in [-0.2, -0.15) is 0 Å². The molecule has 17 heavy (non-hydrogen) atoms. The maximum atomic E-state index is 5.59. The highest BCUT2D eigenvalue weighted by Gasteiger charge is 2.30. The van der Waals surface area contributed by atoms with Crippen LogP contribution in [0.4, 0.5) is 0 Å². The van der Waals surface area contributed by atoms with Gasteiger partial charge in [0.15, 0.2) is 0 Å². The molecule has 0 spiro atoms. The van der Waals surface area contributed by atoms with Crippen molar-refractivity contribution in [2.75, 3.05) is 26.8 Å². The molecule has 1 fully saturated rings. The van der Waals surface area contributed by atoms with Crippen LogP contribution in [-0.2, 0) is 17.8 Å². The Morgan fingerprint density at radius 3 is 3.00 bits per heavy atom. The van der Waals surface area contributed by atoms with Crippen LogP contribution in [0.1, 0.15) is 25.2 Å². The predicted molar refractivity (Wildman–Crippen MR) is 66.8 cm³/mol. The molecule has 4 nitrogen and oxygen atoms in total. The summed E-state index contributed by atoms with van der Waals surface area (Å²) in [5.74, 6) is 1.03. The maximum Gasteiger partial charge on any atom is 0.118 e. The van der Waals surface area contributed by atoms with Crippen LogP contribution in [0.5, 0.6) is 0 Å². The molecule has 1 aliphatic rings. The molecule has 0 amide bonds. The van der Waals surface area contributed by atoms with E-state index >= 15 is 0 Å². The summed E-state index contributed by atoms with van der Waals surface area (Å²) in [5, 5.41) is 3.12. The van der Waals surface area contributed by atoms with E-state index in [0.717, 1.165) is 38.6 Å². The van der Waals surface area contributed by atoms with Crippen LogP contribution in [0.3, 0.4) is 0 Å². The molecule has 0 aromatic carbocycles.